The Morgan fingerprint density at radius 3 is 2.18 bits per heavy atom. The monoisotopic (exact) mass is 254 g/mol. The van der Waals surface area contributed by atoms with Crippen molar-refractivity contribution in [2.24, 2.45) is 0 Å². The molecule has 0 spiro atoms. The summed E-state index contributed by atoms with van der Waals surface area (Å²) in [5.41, 5.74) is 1.32. The number of hydrogen-bond acceptors (Lipinski definition) is 2. The topological polar surface area (TPSA) is 15.3 Å². The number of halogens is 1. The molecule has 1 rings (SSSR count). The summed E-state index contributed by atoms with van der Waals surface area (Å²) in [5.74, 6) is 0. The molecule has 1 N–H and O–H groups in total. The van der Waals surface area contributed by atoms with Gasteiger partial charge >= 0.3 is 0 Å². The van der Waals surface area contributed by atoms with Gasteiger partial charge in [0, 0.05) is 10.6 Å². The minimum atomic E-state index is 0.0455. The molecular weight excluding hydrogens is 232 g/mol. The lowest BCUT2D eigenvalue weighted by Crippen LogP contribution is -2.49. The summed E-state index contributed by atoms with van der Waals surface area (Å²) in [6.07, 6.45) is 0. The maximum Gasteiger partial charge on any atom is 0.0501 e. The van der Waals surface area contributed by atoms with Crippen molar-refractivity contribution in [3.63, 3.8) is 0 Å². The van der Waals surface area contributed by atoms with Crippen molar-refractivity contribution in [1.29, 1.82) is 0 Å². The molecule has 1 aromatic rings. The van der Waals surface area contributed by atoms with Crippen LogP contribution in [0.4, 0.5) is 0 Å². The zero-order valence-corrected chi connectivity index (χ0v) is 12.2. The van der Waals surface area contributed by atoms with Crippen LogP contribution in [0.15, 0.2) is 24.3 Å². The summed E-state index contributed by atoms with van der Waals surface area (Å²) in [6, 6.07) is 8.39. The minimum absolute atomic E-state index is 0.0455. The second-order valence-corrected chi connectivity index (χ2v) is 5.53. The van der Waals surface area contributed by atoms with E-state index >= 15 is 0 Å². The van der Waals surface area contributed by atoms with E-state index in [-0.39, 0.29) is 5.54 Å². The molecule has 0 aromatic heterocycles. The van der Waals surface area contributed by atoms with Crippen LogP contribution in [0.5, 0.6) is 0 Å². The van der Waals surface area contributed by atoms with Crippen molar-refractivity contribution in [3.8, 4) is 0 Å². The number of nitrogens with zero attached hydrogens (tertiary/aromatic N) is 1. The molecule has 0 aliphatic rings. The summed E-state index contributed by atoms with van der Waals surface area (Å²) >= 11 is 5.94. The molecule has 1 aromatic carbocycles. The predicted molar refractivity (Wildman–Crippen MR) is 75.6 cm³/mol. The van der Waals surface area contributed by atoms with Crippen molar-refractivity contribution in [1.82, 2.24) is 10.2 Å². The van der Waals surface area contributed by atoms with E-state index in [1.807, 2.05) is 12.1 Å². The van der Waals surface area contributed by atoms with E-state index in [9.17, 15) is 0 Å². The fourth-order valence-corrected chi connectivity index (χ4v) is 2.02. The summed E-state index contributed by atoms with van der Waals surface area (Å²) in [7, 11) is 4.22. The highest BCUT2D eigenvalue weighted by atomic mass is 35.5. The van der Waals surface area contributed by atoms with E-state index < -0.39 is 0 Å². The van der Waals surface area contributed by atoms with Gasteiger partial charge in [0.15, 0.2) is 0 Å². The molecule has 0 aliphatic carbocycles. The lowest BCUT2D eigenvalue weighted by molar-refractivity contribution is 0.139. The van der Waals surface area contributed by atoms with Gasteiger partial charge in [-0.15, -0.1) is 0 Å². The van der Waals surface area contributed by atoms with Crippen LogP contribution in [0.25, 0.3) is 0 Å². The second kappa shape index (κ2) is 5.85. The second-order valence-electron chi connectivity index (χ2n) is 5.09. The third-order valence-corrected chi connectivity index (χ3v) is 3.72. The molecule has 1 unspecified atom stereocenters. The van der Waals surface area contributed by atoms with Crippen LogP contribution >= 0.6 is 11.6 Å². The van der Waals surface area contributed by atoms with Gasteiger partial charge in [0.25, 0.3) is 0 Å². The largest absolute Gasteiger partial charge is 0.309 e. The molecular formula is C14H23ClN2. The fourth-order valence-electron chi connectivity index (χ4n) is 1.89. The van der Waals surface area contributed by atoms with Crippen LogP contribution in [0.3, 0.4) is 0 Å². The van der Waals surface area contributed by atoms with Crippen LogP contribution in [-0.2, 0) is 0 Å². The fraction of sp³-hybridized carbons (Fsp3) is 0.571. The molecule has 0 bridgehead atoms. The number of rotatable bonds is 5. The smallest absolute Gasteiger partial charge is 0.0501 e. The molecule has 96 valence electrons. The van der Waals surface area contributed by atoms with Crippen molar-refractivity contribution in [3.05, 3.63) is 34.9 Å². The highest BCUT2D eigenvalue weighted by Gasteiger charge is 2.32. The van der Waals surface area contributed by atoms with Crippen LogP contribution in [-0.4, -0.2) is 31.1 Å². The van der Waals surface area contributed by atoms with E-state index in [2.05, 4.69) is 57.2 Å². The zero-order chi connectivity index (χ0) is 13.1. The van der Waals surface area contributed by atoms with Crippen LogP contribution < -0.4 is 5.32 Å². The molecule has 0 saturated carbocycles. The molecule has 2 nitrogen and oxygen atoms in total. The third kappa shape index (κ3) is 3.44. The first-order valence-electron chi connectivity index (χ1n) is 6.06. The van der Waals surface area contributed by atoms with Gasteiger partial charge in [-0.3, -0.25) is 0 Å². The summed E-state index contributed by atoms with van der Waals surface area (Å²) in [6.45, 7) is 7.57. The quantitative estimate of drug-likeness (QED) is 0.867. The summed E-state index contributed by atoms with van der Waals surface area (Å²) in [5, 5.41) is 4.34. The van der Waals surface area contributed by atoms with E-state index in [4.69, 9.17) is 11.6 Å². The van der Waals surface area contributed by atoms with Gasteiger partial charge in [-0.1, -0.05) is 30.7 Å². The van der Waals surface area contributed by atoms with Gasteiger partial charge in [-0.05, 0) is 52.2 Å². The van der Waals surface area contributed by atoms with Gasteiger partial charge in [-0.2, -0.15) is 0 Å². The number of benzene rings is 1. The average molecular weight is 255 g/mol. The van der Waals surface area contributed by atoms with Gasteiger partial charge in [0.05, 0.1) is 6.04 Å². The first-order valence-corrected chi connectivity index (χ1v) is 6.43. The summed E-state index contributed by atoms with van der Waals surface area (Å²) in [4.78, 5) is 2.24. The van der Waals surface area contributed by atoms with Crippen molar-refractivity contribution < 1.29 is 0 Å². The van der Waals surface area contributed by atoms with Crippen LogP contribution in [0, 0.1) is 0 Å². The van der Waals surface area contributed by atoms with Crippen LogP contribution in [0.1, 0.15) is 32.4 Å². The molecule has 1 atom stereocenters. The first-order chi connectivity index (χ1) is 7.89. The number of nitrogens with one attached hydrogen (secondary N) is 1. The molecule has 0 aliphatic heterocycles. The zero-order valence-electron chi connectivity index (χ0n) is 11.4. The van der Waals surface area contributed by atoms with Gasteiger partial charge in [-0.25, -0.2) is 0 Å². The van der Waals surface area contributed by atoms with E-state index in [1.54, 1.807) is 0 Å². The molecule has 0 fully saturated rings. The highest BCUT2D eigenvalue weighted by Crippen LogP contribution is 2.30. The Morgan fingerprint density at radius 2 is 1.76 bits per heavy atom. The molecule has 0 amide bonds. The van der Waals surface area contributed by atoms with Crippen LogP contribution in [0.2, 0.25) is 5.02 Å². The molecule has 17 heavy (non-hydrogen) atoms. The van der Waals surface area contributed by atoms with Crippen molar-refractivity contribution in [2.45, 2.75) is 32.4 Å². The Labute approximate surface area is 110 Å². The standard InChI is InChI=1S/C14H23ClN2/c1-6-16-13(14(2,3)17(4)5)11-7-9-12(15)10-8-11/h7-10,13,16H,6H2,1-5H3. The Kier molecular flexibility index (Phi) is 4.99. The maximum atomic E-state index is 5.94. The SMILES string of the molecule is CCNC(c1ccc(Cl)cc1)C(C)(C)N(C)C. The molecule has 3 heteroatoms. The number of hydrogen-bond donors (Lipinski definition) is 1. The first kappa shape index (κ1) is 14.5. The Balaban J connectivity index is 3.04. The van der Waals surface area contributed by atoms with Gasteiger partial charge in [0.2, 0.25) is 0 Å². The van der Waals surface area contributed by atoms with E-state index in [0.29, 0.717) is 6.04 Å². The molecule has 0 saturated heterocycles. The average Bonchev–Trinajstić information content (AvgIpc) is 2.27. The van der Waals surface area contributed by atoms with Gasteiger partial charge < -0.3 is 10.2 Å². The Bertz CT molecular complexity index is 344. The Morgan fingerprint density at radius 1 is 1.24 bits per heavy atom. The lowest BCUT2D eigenvalue weighted by Gasteiger charge is -2.41. The van der Waals surface area contributed by atoms with Gasteiger partial charge in [0.1, 0.15) is 0 Å². The highest BCUT2D eigenvalue weighted by molar-refractivity contribution is 6.30. The van der Waals surface area contributed by atoms with Crippen molar-refractivity contribution >= 4 is 11.6 Å². The normalized spacial score (nSPS) is 14.1. The third-order valence-electron chi connectivity index (χ3n) is 3.47. The molecule has 0 heterocycles. The molecule has 0 radical (unpaired) electrons. The minimum Gasteiger partial charge on any atom is -0.309 e. The summed E-state index contributed by atoms with van der Waals surface area (Å²) < 4.78 is 0. The van der Waals surface area contributed by atoms with E-state index in [1.165, 1.54) is 5.56 Å². The number of likely N-dealkylation sites (N-methyl/N-ethyl adjacent to an activating group) is 2. The maximum absolute atomic E-state index is 5.94. The van der Waals surface area contributed by atoms with E-state index in [0.717, 1.165) is 11.6 Å². The Hall–Kier alpha value is -0.570. The predicted octanol–water partition coefficient (Wildman–Crippen LogP) is 3.33. The lowest BCUT2D eigenvalue weighted by atomic mass is 9.87. The van der Waals surface area contributed by atoms with Crippen molar-refractivity contribution in [2.75, 3.05) is 20.6 Å².